The van der Waals surface area contributed by atoms with Crippen LogP contribution in [0.3, 0.4) is 0 Å². The average Bonchev–Trinajstić information content (AvgIpc) is 2.67. The molecule has 2 aromatic carbocycles. The summed E-state index contributed by atoms with van der Waals surface area (Å²) in [4.78, 5) is 0. The van der Waals surface area contributed by atoms with Crippen LogP contribution in [0.5, 0.6) is 0 Å². The van der Waals surface area contributed by atoms with Crippen LogP contribution in [0.25, 0.3) is 0 Å². The van der Waals surface area contributed by atoms with Gasteiger partial charge in [-0.15, -0.1) is 0 Å². The number of alkyl halides is 1. The lowest BCUT2D eigenvalue weighted by molar-refractivity contribution is -0.275. The minimum absolute atomic E-state index is 0.0862. The van der Waals surface area contributed by atoms with E-state index in [1.165, 1.54) is 0 Å². The summed E-state index contributed by atoms with van der Waals surface area (Å²) >= 11 is 0. The number of hydrogen-bond donors (Lipinski definition) is 1. The van der Waals surface area contributed by atoms with Crippen LogP contribution in [0.1, 0.15) is 18.1 Å². The monoisotopic (exact) mass is 360 g/mol. The molecule has 0 aromatic heterocycles. The van der Waals surface area contributed by atoms with Crippen LogP contribution in [-0.2, 0) is 27.4 Å². The highest BCUT2D eigenvalue weighted by Gasteiger charge is 2.44. The van der Waals surface area contributed by atoms with Crippen molar-refractivity contribution in [3.05, 3.63) is 71.8 Å². The number of hydrogen-bond acceptors (Lipinski definition) is 4. The topological polar surface area (TPSA) is 47.9 Å². The van der Waals surface area contributed by atoms with Crippen molar-refractivity contribution >= 4 is 0 Å². The molecule has 0 saturated carbocycles. The van der Waals surface area contributed by atoms with Crippen LogP contribution in [0.4, 0.5) is 4.39 Å². The van der Waals surface area contributed by atoms with E-state index in [0.717, 1.165) is 11.1 Å². The Kier molecular flexibility index (Phi) is 6.74. The lowest BCUT2D eigenvalue weighted by atomic mass is 9.92. The molecule has 1 N–H and O–H groups in total. The number of rotatable bonds is 7. The zero-order chi connectivity index (χ0) is 18.4. The molecular weight excluding hydrogens is 335 g/mol. The second-order valence-electron chi connectivity index (χ2n) is 6.63. The van der Waals surface area contributed by atoms with Crippen LogP contribution in [0.15, 0.2) is 60.7 Å². The Bertz CT molecular complexity index is 650. The van der Waals surface area contributed by atoms with Crippen LogP contribution >= 0.6 is 0 Å². The Morgan fingerprint density at radius 3 is 2.15 bits per heavy atom. The molecule has 26 heavy (non-hydrogen) atoms. The van der Waals surface area contributed by atoms with E-state index in [2.05, 4.69) is 0 Å². The van der Waals surface area contributed by atoms with Gasteiger partial charge < -0.3 is 19.3 Å². The Morgan fingerprint density at radius 2 is 1.54 bits per heavy atom. The van der Waals surface area contributed by atoms with Gasteiger partial charge in [0.2, 0.25) is 0 Å². The van der Waals surface area contributed by atoms with E-state index < -0.39 is 30.6 Å². The van der Waals surface area contributed by atoms with E-state index >= 15 is 0 Å². The molecule has 1 saturated heterocycles. The average molecular weight is 360 g/mol. The molecule has 5 heteroatoms. The van der Waals surface area contributed by atoms with Crippen molar-refractivity contribution < 1.29 is 23.7 Å². The third-order valence-electron chi connectivity index (χ3n) is 4.65. The summed E-state index contributed by atoms with van der Waals surface area (Å²) < 4.78 is 31.5. The zero-order valence-electron chi connectivity index (χ0n) is 14.8. The standard InChI is InChI=1S/C21H25FO4/c1-15-19(22)18(14-24-12-16-8-4-2-5-9-16)26-21(23)20(15)25-13-17-10-6-3-7-11-17/h2-11,15,18-21,23H,12-14H2,1H3/t15-,18?,19-,20?,21?/m0/s1. The first kappa shape index (κ1) is 19.0. The van der Waals surface area contributed by atoms with Gasteiger partial charge in [-0.05, 0) is 11.1 Å². The molecular formula is C21H25FO4. The fourth-order valence-electron chi connectivity index (χ4n) is 3.11. The highest BCUT2D eigenvalue weighted by Crippen LogP contribution is 2.30. The molecule has 0 radical (unpaired) electrons. The minimum Gasteiger partial charge on any atom is -0.374 e. The molecule has 2 aromatic rings. The highest BCUT2D eigenvalue weighted by molar-refractivity contribution is 5.14. The van der Waals surface area contributed by atoms with Crippen molar-refractivity contribution in [2.75, 3.05) is 6.61 Å². The van der Waals surface area contributed by atoms with E-state index in [4.69, 9.17) is 14.2 Å². The van der Waals surface area contributed by atoms with Gasteiger partial charge in [-0.3, -0.25) is 0 Å². The second-order valence-corrected chi connectivity index (χ2v) is 6.63. The maximum absolute atomic E-state index is 14.7. The summed E-state index contributed by atoms with van der Waals surface area (Å²) in [6.45, 7) is 2.50. The van der Waals surface area contributed by atoms with Gasteiger partial charge in [0.25, 0.3) is 0 Å². The van der Waals surface area contributed by atoms with Crippen molar-refractivity contribution in [2.45, 2.75) is 44.8 Å². The van der Waals surface area contributed by atoms with Gasteiger partial charge >= 0.3 is 0 Å². The number of benzene rings is 2. The van der Waals surface area contributed by atoms with Crippen LogP contribution in [0.2, 0.25) is 0 Å². The number of halogens is 1. The maximum atomic E-state index is 14.7. The van der Waals surface area contributed by atoms with Crippen molar-refractivity contribution in [3.63, 3.8) is 0 Å². The molecule has 4 nitrogen and oxygen atoms in total. The molecule has 1 aliphatic heterocycles. The van der Waals surface area contributed by atoms with Gasteiger partial charge in [0, 0.05) is 5.92 Å². The maximum Gasteiger partial charge on any atom is 0.182 e. The summed E-state index contributed by atoms with van der Waals surface area (Å²) in [7, 11) is 0. The summed E-state index contributed by atoms with van der Waals surface area (Å²) in [6.07, 6.45) is -3.96. The third kappa shape index (κ3) is 4.89. The molecule has 5 atom stereocenters. The summed E-state index contributed by atoms with van der Waals surface area (Å²) in [5.74, 6) is -0.493. The molecule has 1 aliphatic rings. The molecule has 0 amide bonds. The summed E-state index contributed by atoms with van der Waals surface area (Å²) in [6, 6.07) is 19.3. The van der Waals surface area contributed by atoms with Crippen molar-refractivity contribution in [2.24, 2.45) is 5.92 Å². The van der Waals surface area contributed by atoms with E-state index in [0.29, 0.717) is 13.2 Å². The van der Waals surface area contributed by atoms with Crippen LogP contribution < -0.4 is 0 Å². The van der Waals surface area contributed by atoms with Gasteiger partial charge in [0.1, 0.15) is 18.4 Å². The van der Waals surface area contributed by atoms with Crippen molar-refractivity contribution in [3.8, 4) is 0 Å². The Hall–Kier alpha value is -1.79. The van der Waals surface area contributed by atoms with Gasteiger partial charge in [0.15, 0.2) is 6.29 Å². The van der Waals surface area contributed by atoms with Crippen LogP contribution in [-0.4, -0.2) is 36.4 Å². The SMILES string of the molecule is C[C@@H]1C(OCc2ccccc2)C(O)OC(COCc2ccccc2)[C@H]1F. The fourth-order valence-corrected chi connectivity index (χ4v) is 3.11. The smallest absolute Gasteiger partial charge is 0.182 e. The number of ether oxygens (including phenoxy) is 3. The Labute approximate surface area is 153 Å². The minimum atomic E-state index is -1.27. The van der Waals surface area contributed by atoms with Crippen molar-refractivity contribution in [1.29, 1.82) is 0 Å². The normalized spacial score (nSPS) is 28.8. The lowest BCUT2D eigenvalue weighted by Gasteiger charge is -2.40. The predicted octanol–water partition coefficient (Wildman–Crippen LogP) is 3.48. The summed E-state index contributed by atoms with van der Waals surface area (Å²) in [5.41, 5.74) is 1.98. The Morgan fingerprint density at radius 1 is 0.962 bits per heavy atom. The molecule has 3 rings (SSSR count). The first-order valence-corrected chi connectivity index (χ1v) is 8.90. The fraction of sp³-hybridized carbons (Fsp3) is 0.429. The van der Waals surface area contributed by atoms with Gasteiger partial charge in [-0.2, -0.15) is 0 Å². The molecule has 140 valence electrons. The molecule has 1 fully saturated rings. The summed E-state index contributed by atoms with van der Waals surface area (Å²) in [5, 5.41) is 10.3. The van der Waals surface area contributed by atoms with Crippen molar-refractivity contribution in [1.82, 2.24) is 0 Å². The molecule has 1 heterocycles. The van der Waals surface area contributed by atoms with Gasteiger partial charge in [-0.1, -0.05) is 67.6 Å². The molecule has 3 unspecified atom stereocenters. The highest BCUT2D eigenvalue weighted by atomic mass is 19.1. The quantitative estimate of drug-likeness (QED) is 0.821. The van der Waals surface area contributed by atoms with E-state index in [9.17, 15) is 9.50 Å². The van der Waals surface area contributed by atoms with Crippen LogP contribution in [0, 0.1) is 5.92 Å². The largest absolute Gasteiger partial charge is 0.374 e. The predicted molar refractivity (Wildman–Crippen MR) is 96.1 cm³/mol. The van der Waals surface area contributed by atoms with E-state index in [1.807, 2.05) is 60.7 Å². The molecule has 0 spiro atoms. The lowest BCUT2D eigenvalue weighted by Crippen LogP contribution is -2.53. The second kappa shape index (κ2) is 9.24. The molecule has 0 bridgehead atoms. The van der Waals surface area contributed by atoms with E-state index in [1.54, 1.807) is 6.92 Å². The molecule has 0 aliphatic carbocycles. The number of aliphatic hydroxyl groups is 1. The van der Waals surface area contributed by atoms with Gasteiger partial charge in [0.05, 0.1) is 19.8 Å². The van der Waals surface area contributed by atoms with Gasteiger partial charge in [-0.25, -0.2) is 4.39 Å². The zero-order valence-corrected chi connectivity index (χ0v) is 14.8. The third-order valence-corrected chi connectivity index (χ3v) is 4.65. The number of aliphatic hydroxyl groups excluding tert-OH is 1. The first-order valence-electron chi connectivity index (χ1n) is 8.90. The van der Waals surface area contributed by atoms with E-state index in [-0.39, 0.29) is 6.61 Å². The Balaban J connectivity index is 1.49. The first-order chi connectivity index (χ1) is 12.6.